The van der Waals surface area contributed by atoms with Crippen LogP contribution in [0.25, 0.3) is 0 Å². The largest absolute Gasteiger partial charge is 0.394 e. The van der Waals surface area contributed by atoms with Gasteiger partial charge in [-0.3, -0.25) is 0 Å². The minimum Gasteiger partial charge on any atom is -0.394 e. The summed E-state index contributed by atoms with van der Waals surface area (Å²) in [7, 11) is 1.75. The number of hydrogen-bond donors (Lipinski definition) is 3. The predicted molar refractivity (Wildman–Crippen MR) is 76.8 cm³/mol. The highest BCUT2D eigenvalue weighted by Gasteiger charge is 2.12. The molecule has 1 aromatic heterocycles. The molecule has 0 spiro atoms. The van der Waals surface area contributed by atoms with Gasteiger partial charge in [0, 0.05) is 25.9 Å². The molecule has 0 aromatic carbocycles. The molecule has 3 N–H and O–H groups in total. The summed E-state index contributed by atoms with van der Waals surface area (Å²) in [4.78, 5) is 14.9. The molecular weight excluding hydrogens is 266 g/mol. The molecular formula is C11H21N5O2S. The summed E-state index contributed by atoms with van der Waals surface area (Å²) < 4.78 is 0. The third-order valence-corrected chi connectivity index (χ3v) is 3.48. The number of anilines is 2. The summed E-state index contributed by atoms with van der Waals surface area (Å²) in [6, 6.07) is 0. The molecule has 1 unspecified atom stereocenters. The third-order valence-electron chi connectivity index (χ3n) is 2.49. The quantitative estimate of drug-likeness (QED) is 0.584. The number of aliphatic hydroxyl groups excluding tert-OH is 2. The van der Waals surface area contributed by atoms with Crippen molar-refractivity contribution >= 4 is 23.7 Å². The molecule has 0 aliphatic rings. The Bertz CT molecular complexity index is 389. The van der Waals surface area contributed by atoms with E-state index in [9.17, 15) is 5.11 Å². The molecule has 0 aliphatic heterocycles. The average molecular weight is 287 g/mol. The molecule has 1 rings (SSSR count). The maximum absolute atomic E-state index is 9.35. The SMILES string of the molecule is CCN(CC)c1nc(NC)nc(SCC(O)CO)n1. The van der Waals surface area contributed by atoms with E-state index in [2.05, 4.69) is 20.3 Å². The van der Waals surface area contributed by atoms with Gasteiger partial charge in [0.05, 0.1) is 12.7 Å². The number of rotatable bonds is 8. The molecule has 7 nitrogen and oxygen atoms in total. The van der Waals surface area contributed by atoms with Crippen LogP contribution in [0.5, 0.6) is 0 Å². The first-order valence-corrected chi connectivity index (χ1v) is 7.23. The van der Waals surface area contributed by atoms with E-state index in [-0.39, 0.29) is 6.61 Å². The fraction of sp³-hybridized carbons (Fsp3) is 0.727. The van der Waals surface area contributed by atoms with E-state index in [0.717, 1.165) is 13.1 Å². The van der Waals surface area contributed by atoms with E-state index in [1.807, 2.05) is 18.7 Å². The molecule has 108 valence electrons. The van der Waals surface area contributed by atoms with Gasteiger partial charge in [-0.15, -0.1) is 0 Å². The fourth-order valence-corrected chi connectivity index (χ4v) is 2.14. The Labute approximate surface area is 117 Å². The first-order chi connectivity index (χ1) is 9.14. The summed E-state index contributed by atoms with van der Waals surface area (Å²) >= 11 is 1.30. The standard InChI is InChI=1S/C11H21N5O2S/c1-4-16(5-2)10-13-9(12-3)14-11(15-10)19-7-8(18)6-17/h8,17-18H,4-7H2,1-3H3,(H,12,13,14,15). The van der Waals surface area contributed by atoms with Crippen LogP contribution in [0, 0.1) is 0 Å². The highest BCUT2D eigenvalue weighted by molar-refractivity contribution is 7.99. The molecule has 0 radical (unpaired) electrons. The van der Waals surface area contributed by atoms with Crippen LogP contribution in [0.3, 0.4) is 0 Å². The summed E-state index contributed by atoms with van der Waals surface area (Å²) in [5.74, 6) is 1.46. The fourth-order valence-electron chi connectivity index (χ4n) is 1.39. The van der Waals surface area contributed by atoms with Gasteiger partial charge < -0.3 is 20.4 Å². The minimum absolute atomic E-state index is 0.264. The second-order valence-electron chi connectivity index (χ2n) is 3.81. The lowest BCUT2D eigenvalue weighted by Gasteiger charge is -2.19. The monoisotopic (exact) mass is 287 g/mol. The van der Waals surface area contributed by atoms with Crippen molar-refractivity contribution in [3.63, 3.8) is 0 Å². The molecule has 19 heavy (non-hydrogen) atoms. The van der Waals surface area contributed by atoms with Crippen LogP contribution in [0.2, 0.25) is 0 Å². The maximum atomic E-state index is 9.35. The van der Waals surface area contributed by atoms with E-state index in [4.69, 9.17) is 5.11 Å². The van der Waals surface area contributed by atoms with Gasteiger partial charge in [0.1, 0.15) is 0 Å². The summed E-state index contributed by atoms with van der Waals surface area (Å²) in [5, 5.41) is 21.6. The third kappa shape index (κ3) is 4.81. The van der Waals surface area contributed by atoms with Gasteiger partial charge in [0.2, 0.25) is 11.9 Å². The Morgan fingerprint density at radius 2 is 1.95 bits per heavy atom. The Morgan fingerprint density at radius 3 is 2.47 bits per heavy atom. The van der Waals surface area contributed by atoms with Gasteiger partial charge in [0.15, 0.2) is 5.16 Å². The molecule has 0 saturated carbocycles. The first-order valence-electron chi connectivity index (χ1n) is 6.25. The molecule has 0 amide bonds. The van der Waals surface area contributed by atoms with Crippen LogP contribution in [0.15, 0.2) is 5.16 Å². The normalized spacial score (nSPS) is 12.3. The second kappa shape index (κ2) is 8.13. The average Bonchev–Trinajstić information content (AvgIpc) is 2.45. The topological polar surface area (TPSA) is 94.4 Å². The van der Waals surface area contributed by atoms with E-state index in [1.54, 1.807) is 7.05 Å². The summed E-state index contributed by atoms with van der Waals surface area (Å²) in [5.41, 5.74) is 0. The van der Waals surface area contributed by atoms with Gasteiger partial charge in [-0.25, -0.2) is 0 Å². The smallest absolute Gasteiger partial charge is 0.231 e. The van der Waals surface area contributed by atoms with Crippen molar-refractivity contribution in [2.45, 2.75) is 25.1 Å². The van der Waals surface area contributed by atoms with Crippen LogP contribution in [0.1, 0.15) is 13.8 Å². The highest BCUT2D eigenvalue weighted by Crippen LogP contribution is 2.19. The molecule has 1 heterocycles. The molecule has 0 aliphatic carbocycles. The van der Waals surface area contributed by atoms with Crippen molar-refractivity contribution in [1.29, 1.82) is 0 Å². The van der Waals surface area contributed by atoms with Crippen molar-refractivity contribution in [2.24, 2.45) is 0 Å². The lowest BCUT2D eigenvalue weighted by atomic mass is 10.4. The number of nitrogens with one attached hydrogen (secondary N) is 1. The van der Waals surface area contributed by atoms with Crippen molar-refractivity contribution in [3.05, 3.63) is 0 Å². The predicted octanol–water partition coefficient (Wildman–Crippen LogP) is 0.205. The Kier molecular flexibility index (Phi) is 6.82. The number of thioether (sulfide) groups is 1. The lowest BCUT2D eigenvalue weighted by Crippen LogP contribution is -2.25. The zero-order valence-corrected chi connectivity index (χ0v) is 12.3. The zero-order chi connectivity index (χ0) is 14.3. The first kappa shape index (κ1) is 15.9. The van der Waals surface area contributed by atoms with Crippen LogP contribution in [-0.4, -0.2) is 63.8 Å². The number of hydrogen-bond acceptors (Lipinski definition) is 8. The zero-order valence-electron chi connectivity index (χ0n) is 11.5. The molecule has 0 saturated heterocycles. The van der Waals surface area contributed by atoms with E-state index < -0.39 is 6.10 Å². The van der Waals surface area contributed by atoms with Crippen molar-refractivity contribution < 1.29 is 10.2 Å². The van der Waals surface area contributed by atoms with Gasteiger partial charge in [0.25, 0.3) is 0 Å². The van der Waals surface area contributed by atoms with Crippen molar-refractivity contribution in [1.82, 2.24) is 15.0 Å². The van der Waals surface area contributed by atoms with Crippen LogP contribution >= 0.6 is 11.8 Å². The van der Waals surface area contributed by atoms with Crippen LogP contribution in [-0.2, 0) is 0 Å². The van der Waals surface area contributed by atoms with Crippen molar-refractivity contribution in [2.75, 3.05) is 42.7 Å². The van der Waals surface area contributed by atoms with Gasteiger partial charge in [-0.05, 0) is 13.8 Å². The lowest BCUT2D eigenvalue weighted by molar-refractivity contribution is 0.113. The number of nitrogens with zero attached hydrogens (tertiary/aromatic N) is 4. The van der Waals surface area contributed by atoms with Crippen molar-refractivity contribution in [3.8, 4) is 0 Å². The van der Waals surface area contributed by atoms with Gasteiger partial charge in [-0.1, -0.05) is 11.8 Å². The number of aromatic nitrogens is 3. The summed E-state index contributed by atoms with van der Waals surface area (Å²) in [6.07, 6.45) is -0.767. The van der Waals surface area contributed by atoms with E-state index >= 15 is 0 Å². The van der Waals surface area contributed by atoms with Gasteiger partial charge in [-0.2, -0.15) is 15.0 Å². The maximum Gasteiger partial charge on any atom is 0.231 e. The molecule has 8 heteroatoms. The molecule has 1 atom stereocenters. The van der Waals surface area contributed by atoms with Gasteiger partial charge >= 0.3 is 0 Å². The Balaban J connectivity index is 2.88. The molecule has 0 bridgehead atoms. The molecule has 1 aromatic rings. The number of aliphatic hydroxyl groups is 2. The highest BCUT2D eigenvalue weighted by atomic mass is 32.2. The second-order valence-corrected chi connectivity index (χ2v) is 4.80. The Hall–Kier alpha value is -1.12. The minimum atomic E-state index is -0.767. The van der Waals surface area contributed by atoms with E-state index in [1.165, 1.54) is 11.8 Å². The van der Waals surface area contributed by atoms with Crippen LogP contribution in [0.4, 0.5) is 11.9 Å². The van der Waals surface area contributed by atoms with Crippen LogP contribution < -0.4 is 10.2 Å². The molecule has 0 fully saturated rings. The van der Waals surface area contributed by atoms with E-state index in [0.29, 0.717) is 22.8 Å². The Morgan fingerprint density at radius 1 is 1.26 bits per heavy atom. The summed E-state index contributed by atoms with van der Waals surface area (Å²) in [6.45, 7) is 5.43.